The number of amides is 2. The molecule has 1 aliphatic rings. The van der Waals surface area contributed by atoms with E-state index in [1.807, 2.05) is 6.92 Å². The summed E-state index contributed by atoms with van der Waals surface area (Å²) in [6.45, 7) is 2.38. The standard InChI is InChI=1S/C16H18F3NO3/c1-2-3-9-23-14-8-7-13(21)20(14)15(22)11-5-4-6-12(10-11)16(17,18)19/h4-6,10,14H,2-3,7-9H2,1H3. The monoisotopic (exact) mass is 329 g/mol. The Hall–Kier alpha value is -1.89. The van der Waals surface area contributed by atoms with Crippen LogP contribution in [-0.2, 0) is 15.7 Å². The molecule has 0 aromatic heterocycles. The quantitative estimate of drug-likeness (QED) is 0.612. The molecule has 0 bridgehead atoms. The molecule has 0 saturated carbocycles. The fourth-order valence-corrected chi connectivity index (χ4v) is 2.39. The van der Waals surface area contributed by atoms with E-state index in [1.165, 1.54) is 6.07 Å². The van der Waals surface area contributed by atoms with Gasteiger partial charge in [0.25, 0.3) is 5.91 Å². The van der Waals surface area contributed by atoms with Gasteiger partial charge in [-0.3, -0.25) is 14.5 Å². The van der Waals surface area contributed by atoms with E-state index >= 15 is 0 Å². The van der Waals surface area contributed by atoms with Gasteiger partial charge >= 0.3 is 6.18 Å². The Balaban J connectivity index is 2.19. The first-order valence-corrected chi connectivity index (χ1v) is 7.50. The van der Waals surface area contributed by atoms with Crippen molar-refractivity contribution in [2.24, 2.45) is 0 Å². The zero-order chi connectivity index (χ0) is 17.0. The van der Waals surface area contributed by atoms with Gasteiger partial charge in [0, 0.05) is 25.0 Å². The van der Waals surface area contributed by atoms with Crippen molar-refractivity contribution in [3.05, 3.63) is 35.4 Å². The number of imide groups is 1. The molecule has 2 rings (SSSR count). The Morgan fingerprint density at radius 2 is 2.13 bits per heavy atom. The van der Waals surface area contributed by atoms with E-state index in [0.29, 0.717) is 13.0 Å². The van der Waals surface area contributed by atoms with Crippen molar-refractivity contribution in [1.29, 1.82) is 0 Å². The molecule has 0 radical (unpaired) electrons. The van der Waals surface area contributed by atoms with Gasteiger partial charge in [-0.1, -0.05) is 19.4 Å². The highest BCUT2D eigenvalue weighted by Crippen LogP contribution is 2.30. The third-order valence-electron chi connectivity index (χ3n) is 3.63. The predicted molar refractivity (Wildman–Crippen MR) is 76.5 cm³/mol. The highest BCUT2D eigenvalue weighted by molar-refractivity contribution is 6.05. The molecule has 0 N–H and O–H groups in total. The van der Waals surface area contributed by atoms with E-state index in [-0.39, 0.29) is 12.0 Å². The minimum atomic E-state index is -4.54. The predicted octanol–water partition coefficient (Wildman–Crippen LogP) is 3.61. The van der Waals surface area contributed by atoms with E-state index in [0.717, 1.165) is 35.9 Å². The maximum Gasteiger partial charge on any atom is 0.416 e. The lowest BCUT2D eigenvalue weighted by atomic mass is 10.1. The first-order valence-electron chi connectivity index (χ1n) is 7.50. The van der Waals surface area contributed by atoms with Gasteiger partial charge in [-0.25, -0.2) is 0 Å². The Labute approximate surface area is 132 Å². The second-order valence-corrected chi connectivity index (χ2v) is 5.37. The van der Waals surface area contributed by atoms with Gasteiger partial charge in [-0.05, 0) is 24.6 Å². The van der Waals surface area contributed by atoms with Crippen LogP contribution >= 0.6 is 0 Å². The van der Waals surface area contributed by atoms with Crippen molar-refractivity contribution in [1.82, 2.24) is 4.90 Å². The van der Waals surface area contributed by atoms with Crippen molar-refractivity contribution in [2.45, 2.75) is 45.0 Å². The molecule has 4 nitrogen and oxygen atoms in total. The van der Waals surface area contributed by atoms with Crippen LogP contribution in [0.4, 0.5) is 13.2 Å². The zero-order valence-electron chi connectivity index (χ0n) is 12.7. The smallest absolute Gasteiger partial charge is 0.358 e. The maximum absolute atomic E-state index is 12.8. The second kappa shape index (κ2) is 7.12. The summed E-state index contributed by atoms with van der Waals surface area (Å²) in [5.74, 6) is -1.17. The number of likely N-dealkylation sites (tertiary alicyclic amines) is 1. The number of hydrogen-bond donors (Lipinski definition) is 0. The van der Waals surface area contributed by atoms with E-state index in [4.69, 9.17) is 4.74 Å². The van der Waals surface area contributed by atoms with Crippen LogP contribution in [0.15, 0.2) is 24.3 Å². The van der Waals surface area contributed by atoms with Gasteiger partial charge < -0.3 is 4.74 Å². The SMILES string of the molecule is CCCCOC1CCC(=O)N1C(=O)c1cccc(C(F)(F)F)c1. The topological polar surface area (TPSA) is 46.6 Å². The summed E-state index contributed by atoms with van der Waals surface area (Å²) in [5, 5.41) is 0. The number of hydrogen-bond acceptors (Lipinski definition) is 3. The number of carbonyl (C=O) groups excluding carboxylic acids is 2. The summed E-state index contributed by atoms with van der Waals surface area (Å²) in [7, 11) is 0. The number of nitrogens with zero attached hydrogens (tertiary/aromatic N) is 1. The van der Waals surface area contributed by atoms with E-state index < -0.39 is 29.8 Å². The van der Waals surface area contributed by atoms with Crippen molar-refractivity contribution < 1.29 is 27.5 Å². The van der Waals surface area contributed by atoms with Crippen LogP contribution in [0.1, 0.15) is 48.5 Å². The van der Waals surface area contributed by atoms with E-state index in [2.05, 4.69) is 0 Å². The number of unbranched alkanes of at least 4 members (excludes halogenated alkanes) is 1. The lowest BCUT2D eigenvalue weighted by Crippen LogP contribution is -2.40. The average Bonchev–Trinajstić information content (AvgIpc) is 2.87. The fraction of sp³-hybridized carbons (Fsp3) is 0.500. The van der Waals surface area contributed by atoms with Crippen molar-refractivity contribution >= 4 is 11.8 Å². The average molecular weight is 329 g/mol. The second-order valence-electron chi connectivity index (χ2n) is 5.37. The van der Waals surface area contributed by atoms with Crippen LogP contribution < -0.4 is 0 Å². The van der Waals surface area contributed by atoms with Crippen LogP contribution in [0, 0.1) is 0 Å². The Morgan fingerprint density at radius 1 is 1.39 bits per heavy atom. The minimum absolute atomic E-state index is 0.154. The van der Waals surface area contributed by atoms with Crippen LogP contribution in [0.2, 0.25) is 0 Å². The highest BCUT2D eigenvalue weighted by atomic mass is 19.4. The fourth-order valence-electron chi connectivity index (χ4n) is 2.39. The van der Waals surface area contributed by atoms with Crippen LogP contribution in [0.3, 0.4) is 0 Å². The first-order chi connectivity index (χ1) is 10.8. The number of rotatable bonds is 5. The van der Waals surface area contributed by atoms with Gasteiger partial charge in [0.15, 0.2) is 0 Å². The molecule has 1 saturated heterocycles. The molecule has 0 aliphatic carbocycles. The Morgan fingerprint density at radius 3 is 2.78 bits per heavy atom. The number of benzene rings is 1. The number of halogens is 3. The van der Waals surface area contributed by atoms with Gasteiger partial charge in [0.2, 0.25) is 5.91 Å². The lowest BCUT2D eigenvalue weighted by molar-refractivity contribution is -0.137. The van der Waals surface area contributed by atoms with E-state index in [1.54, 1.807) is 0 Å². The number of ether oxygens (including phenoxy) is 1. The highest BCUT2D eigenvalue weighted by Gasteiger charge is 2.38. The van der Waals surface area contributed by atoms with Crippen LogP contribution in [0.5, 0.6) is 0 Å². The van der Waals surface area contributed by atoms with Crippen molar-refractivity contribution in [2.75, 3.05) is 6.61 Å². The van der Waals surface area contributed by atoms with Gasteiger partial charge in [-0.15, -0.1) is 0 Å². The van der Waals surface area contributed by atoms with Crippen molar-refractivity contribution in [3.63, 3.8) is 0 Å². The molecule has 1 heterocycles. The van der Waals surface area contributed by atoms with Crippen molar-refractivity contribution in [3.8, 4) is 0 Å². The molecule has 0 spiro atoms. The third-order valence-corrected chi connectivity index (χ3v) is 3.63. The summed E-state index contributed by atoms with van der Waals surface area (Å²) in [6, 6.07) is 4.07. The first kappa shape index (κ1) is 17.5. The Kier molecular flexibility index (Phi) is 5.41. The lowest BCUT2D eigenvalue weighted by Gasteiger charge is -2.23. The molecule has 23 heavy (non-hydrogen) atoms. The molecule has 7 heteroatoms. The number of carbonyl (C=O) groups is 2. The minimum Gasteiger partial charge on any atom is -0.358 e. The molecular weight excluding hydrogens is 311 g/mol. The largest absolute Gasteiger partial charge is 0.416 e. The molecule has 1 aromatic carbocycles. The summed E-state index contributed by atoms with van der Waals surface area (Å²) >= 11 is 0. The summed E-state index contributed by atoms with van der Waals surface area (Å²) in [4.78, 5) is 25.3. The Bertz CT molecular complexity index is 586. The molecule has 1 aliphatic heterocycles. The van der Waals surface area contributed by atoms with Gasteiger partial charge in [0.1, 0.15) is 6.23 Å². The third kappa shape index (κ3) is 4.10. The summed E-state index contributed by atoms with van der Waals surface area (Å²) in [5.41, 5.74) is -1.09. The van der Waals surface area contributed by atoms with Crippen LogP contribution in [-0.4, -0.2) is 29.5 Å². The van der Waals surface area contributed by atoms with E-state index in [9.17, 15) is 22.8 Å². The molecule has 1 fully saturated rings. The van der Waals surface area contributed by atoms with Crippen LogP contribution in [0.25, 0.3) is 0 Å². The normalized spacial score (nSPS) is 18.5. The molecule has 126 valence electrons. The zero-order valence-corrected chi connectivity index (χ0v) is 12.7. The molecule has 2 amide bonds. The molecule has 1 atom stereocenters. The number of alkyl halides is 3. The molecular formula is C16H18F3NO3. The van der Waals surface area contributed by atoms with Gasteiger partial charge in [-0.2, -0.15) is 13.2 Å². The van der Waals surface area contributed by atoms with Gasteiger partial charge in [0.05, 0.1) is 5.56 Å². The summed E-state index contributed by atoms with van der Waals surface area (Å²) in [6.07, 6.45) is -3.02. The maximum atomic E-state index is 12.8. The molecule has 1 aromatic rings. The summed E-state index contributed by atoms with van der Waals surface area (Å²) < 4.78 is 43.8. The molecule has 1 unspecified atom stereocenters.